The molecule has 0 bridgehead atoms. The van der Waals surface area contributed by atoms with Crippen molar-refractivity contribution < 1.29 is 4.79 Å². The Bertz CT molecular complexity index is 495. The van der Waals surface area contributed by atoms with Crippen molar-refractivity contribution in [2.45, 2.75) is 18.9 Å². The first-order valence-electron chi connectivity index (χ1n) is 5.97. The van der Waals surface area contributed by atoms with Crippen LogP contribution in [0.3, 0.4) is 0 Å². The summed E-state index contributed by atoms with van der Waals surface area (Å²) in [6.07, 6.45) is 3.26. The third kappa shape index (κ3) is 2.49. The number of halogens is 1. The zero-order valence-electron chi connectivity index (χ0n) is 10.2. The highest BCUT2D eigenvalue weighted by atomic mass is 35.5. The molecule has 1 unspecified atom stereocenters. The molecule has 1 aromatic carbocycles. The first-order chi connectivity index (χ1) is 8.63. The Balaban J connectivity index is 2.30. The number of hydrogen-bond acceptors (Lipinski definition) is 1. The van der Waals surface area contributed by atoms with Crippen LogP contribution in [0.2, 0.25) is 0 Å². The molecule has 0 N–H and O–H groups in total. The van der Waals surface area contributed by atoms with Crippen molar-refractivity contribution >= 4 is 17.5 Å². The van der Waals surface area contributed by atoms with Crippen LogP contribution >= 0.6 is 11.6 Å². The van der Waals surface area contributed by atoms with Gasteiger partial charge in [-0.3, -0.25) is 4.79 Å². The van der Waals surface area contributed by atoms with Gasteiger partial charge in [-0.15, -0.1) is 0 Å². The number of hydrogen-bond donors (Lipinski definition) is 0. The van der Waals surface area contributed by atoms with Crippen molar-refractivity contribution in [1.82, 2.24) is 4.90 Å². The van der Waals surface area contributed by atoms with Crippen LogP contribution < -0.4 is 0 Å². The molecule has 3 heteroatoms. The maximum absolute atomic E-state index is 12.0. The van der Waals surface area contributed by atoms with Crippen molar-refractivity contribution in [2.24, 2.45) is 0 Å². The highest BCUT2D eigenvalue weighted by Gasteiger charge is 2.29. The summed E-state index contributed by atoms with van der Waals surface area (Å²) in [5.41, 5.74) is 2.52. The van der Waals surface area contributed by atoms with Crippen LogP contribution in [-0.2, 0) is 11.2 Å². The summed E-state index contributed by atoms with van der Waals surface area (Å²) in [5, 5.41) is 0.467. The van der Waals surface area contributed by atoms with Gasteiger partial charge in [0.1, 0.15) is 0 Å². The zero-order chi connectivity index (χ0) is 13.1. The lowest BCUT2D eigenvalue weighted by Crippen LogP contribution is -2.33. The van der Waals surface area contributed by atoms with Crippen LogP contribution in [0.1, 0.15) is 23.6 Å². The molecular formula is C15H16ClNO. The minimum absolute atomic E-state index is 0.0854. The van der Waals surface area contributed by atoms with E-state index in [1.54, 1.807) is 4.90 Å². The van der Waals surface area contributed by atoms with E-state index in [2.05, 4.69) is 25.3 Å². The lowest BCUT2D eigenvalue weighted by molar-refractivity contribution is -0.127. The molecule has 1 aliphatic carbocycles. The van der Waals surface area contributed by atoms with Crippen molar-refractivity contribution in [3.05, 3.63) is 59.7 Å². The van der Waals surface area contributed by atoms with Crippen LogP contribution in [0.25, 0.3) is 0 Å². The Labute approximate surface area is 113 Å². The van der Waals surface area contributed by atoms with E-state index < -0.39 is 0 Å². The minimum atomic E-state index is -0.0986. The molecule has 1 aliphatic rings. The monoisotopic (exact) mass is 261 g/mol. The predicted octanol–water partition coefficient (Wildman–Crippen LogP) is 3.44. The molecule has 2 nitrogen and oxygen atoms in total. The Hall–Kier alpha value is -1.54. The molecule has 1 atom stereocenters. The molecule has 18 heavy (non-hydrogen) atoms. The molecule has 0 aliphatic heterocycles. The summed E-state index contributed by atoms with van der Waals surface area (Å²) >= 11 is 5.86. The fraction of sp³-hybridized carbons (Fsp3) is 0.267. The smallest absolute Gasteiger partial charge is 0.246 e. The van der Waals surface area contributed by atoms with Gasteiger partial charge >= 0.3 is 0 Å². The van der Waals surface area contributed by atoms with Crippen LogP contribution in [0.4, 0.5) is 0 Å². The summed E-state index contributed by atoms with van der Waals surface area (Å²) in [5.74, 6) is -0.0986. The average molecular weight is 262 g/mol. The number of nitrogens with zero attached hydrogens (tertiary/aromatic N) is 1. The van der Waals surface area contributed by atoms with Crippen molar-refractivity contribution in [3.63, 3.8) is 0 Å². The number of aryl methyl sites for hydroxylation is 1. The standard InChI is InChI=1S/C15H16ClNO/c1-3-15(18)17(10-11(2)16)14-9-8-12-6-4-5-7-13(12)14/h3-7,14H,1-2,8-10H2. The number of carbonyl (C=O) groups excluding carboxylic acids is 1. The van der Waals surface area contributed by atoms with E-state index in [0.29, 0.717) is 11.6 Å². The van der Waals surface area contributed by atoms with Gasteiger partial charge in [-0.05, 0) is 30.0 Å². The van der Waals surface area contributed by atoms with Gasteiger partial charge in [-0.1, -0.05) is 49.0 Å². The lowest BCUT2D eigenvalue weighted by atomic mass is 10.1. The average Bonchev–Trinajstić information content (AvgIpc) is 2.78. The highest BCUT2D eigenvalue weighted by molar-refractivity contribution is 6.29. The molecular weight excluding hydrogens is 246 g/mol. The topological polar surface area (TPSA) is 20.3 Å². The maximum Gasteiger partial charge on any atom is 0.246 e. The number of benzene rings is 1. The third-order valence-electron chi connectivity index (χ3n) is 3.28. The zero-order valence-corrected chi connectivity index (χ0v) is 11.0. The maximum atomic E-state index is 12.0. The molecule has 94 valence electrons. The fourth-order valence-electron chi connectivity index (χ4n) is 2.50. The molecule has 0 fully saturated rings. The Kier molecular flexibility index (Phi) is 3.87. The molecule has 2 rings (SSSR count). The fourth-order valence-corrected chi connectivity index (χ4v) is 2.63. The molecule has 0 radical (unpaired) electrons. The highest BCUT2D eigenvalue weighted by Crippen LogP contribution is 2.36. The van der Waals surface area contributed by atoms with Crippen LogP contribution in [0.5, 0.6) is 0 Å². The van der Waals surface area contributed by atoms with E-state index >= 15 is 0 Å². The van der Waals surface area contributed by atoms with Gasteiger partial charge in [0.25, 0.3) is 0 Å². The van der Waals surface area contributed by atoms with Gasteiger partial charge in [0.05, 0.1) is 12.6 Å². The molecule has 0 saturated carbocycles. The quantitative estimate of drug-likeness (QED) is 0.761. The van der Waals surface area contributed by atoms with Crippen molar-refractivity contribution in [1.29, 1.82) is 0 Å². The minimum Gasteiger partial charge on any atom is -0.327 e. The van der Waals surface area contributed by atoms with E-state index in [-0.39, 0.29) is 11.9 Å². The SMILES string of the molecule is C=CC(=O)N(CC(=C)Cl)C1CCc2ccccc21. The van der Waals surface area contributed by atoms with Gasteiger partial charge in [-0.2, -0.15) is 0 Å². The predicted molar refractivity (Wildman–Crippen MR) is 74.4 cm³/mol. The van der Waals surface area contributed by atoms with E-state index in [0.717, 1.165) is 12.8 Å². The van der Waals surface area contributed by atoms with Gasteiger partial charge in [0.2, 0.25) is 5.91 Å². The molecule has 0 spiro atoms. The van der Waals surface area contributed by atoms with Crippen LogP contribution in [0, 0.1) is 0 Å². The summed E-state index contributed by atoms with van der Waals surface area (Å²) in [7, 11) is 0. The van der Waals surface area contributed by atoms with E-state index in [9.17, 15) is 4.79 Å². The Morgan fingerprint density at radius 3 is 2.89 bits per heavy atom. The van der Waals surface area contributed by atoms with E-state index in [4.69, 9.17) is 11.6 Å². The molecule has 1 aromatic rings. The molecule has 0 heterocycles. The number of amides is 1. The van der Waals surface area contributed by atoms with Crippen molar-refractivity contribution in [2.75, 3.05) is 6.54 Å². The van der Waals surface area contributed by atoms with Gasteiger partial charge in [-0.25, -0.2) is 0 Å². The van der Waals surface area contributed by atoms with Gasteiger partial charge in [0, 0.05) is 5.03 Å². The van der Waals surface area contributed by atoms with Crippen LogP contribution in [-0.4, -0.2) is 17.4 Å². The first kappa shape index (κ1) is 12.9. The number of carbonyl (C=O) groups is 1. The summed E-state index contributed by atoms with van der Waals surface area (Å²) in [4.78, 5) is 13.7. The van der Waals surface area contributed by atoms with E-state index in [1.807, 2.05) is 12.1 Å². The van der Waals surface area contributed by atoms with Gasteiger partial charge < -0.3 is 4.90 Å². The molecule has 0 saturated heterocycles. The van der Waals surface area contributed by atoms with Crippen molar-refractivity contribution in [3.8, 4) is 0 Å². The normalized spacial score (nSPS) is 17.1. The Morgan fingerprint density at radius 1 is 1.50 bits per heavy atom. The van der Waals surface area contributed by atoms with Gasteiger partial charge in [0.15, 0.2) is 0 Å². The van der Waals surface area contributed by atoms with E-state index in [1.165, 1.54) is 17.2 Å². The second-order valence-electron chi connectivity index (χ2n) is 4.44. The lowest BCUT2D eigenvalue weighted by Gasteiger charge is -2.28. The molecule has 0 aromatic heterocycles. The summed E-state index contributed by atoms with van der Waals surface area (Å²) in [6.45, 7) is 7.59. The Morgan fingerprint density at radius 2 is 2.22 bits per heavy atom. The summed E-state index contributed by atoms with van der Waals surface area (Å²) in [6, 6.07) is 8.31. The largest absolute Gasteiger partial charge is 0.327 e. The second-order valence-corrected chi connectivity index (χ2v) is 4.98. The second kappa shape index (κ2) is 5.40. The first-order valence-corrected chi connectivity index (χ1v) is 6.35. The summed E-state index contributed by atoms with van der Waals surface area (Å²) < 4.78 is 0. The molecule has 1 amide bonds. The number of fused-ring (bicyclic) bond motifs is 1. The number of rotatable bonds is 4. The van der Waals surface area contributed by atoms with Crippen LogP contribution in [0.15, 0.2) is 48.5 Å². The third-order valence-corrected chi connectivity index (χ3v) is 3.40.